The van der Waals surface area contributed by atoms with E-state index in [-0.39, 0.29) is 36.6 Å². The van der Waals surface area contributed by atoms with Gasteiger partial charge in [0.1, 0.15) is 0 Å². The predicted molar refractivity (Wildman–Crippen MR) is 125 cm³/mol. The number of benzene rings is 2. The molecule has 2 aromatic carbocycles. The molecule has 8 heteroatoms. The van der Waals surface area contributed by atoms with Crippen molar-refractivity contribution in [2.75, 3.05) is 11.4 Å². The lowest BCUT2D eigenvalue weighted by Crippen LogP contribution is -2.34. The van der Waals surface area contributed by atoms with E-state index in [1.807, 2.05) is 43.3 Å². The molecular formula is C24H31N3O4S. The fourth-order valence-corrected chi connectivity index (χ4v) is 5.48. The first-order valence-electron chi connectivity index (χ1n) is 10.9. The van der Waals surface area contributed by atoms with Gasteiger partial charge < -0.3 is 10.2 Å². The third-order valence-corrected chi connectivity index (χ3v) is 7.01. The second-order valence-electron chi connectivity index (χ2n) is 8.41. The number of nitrogens with zero attached hydrogens (tertiary/aromatic N) is 1. The number of anilines is 1. The Labute approximate surface area is 190 Å². The van der Waals surface area contributed by atoms with Gasteiger partial charge in [-0.15, -0.1) is 0 Å². The van der Waals surface area contributed by atoms with E-state index in [0.717, 1.165) is 23.2 Å². The average molecular weight is 458 g/mol. The van der Waals surface area contributed by atoms with Gasteiger partial charge in [0.2, 0.25) is 21.8 Å². The van der Waals surface area contributed by atoms with Crippen LogP contribution in [-0.4, -0.2) is 32.8 Å². The minimum Gasteiger partial charge on any atom is -0.352 e. The van der Waals surface area contributed by atoms with Crippen molar-refractivity contribution in [2.45, 2.75) is 52.0 Å². The molecule has 1 aliphatic heterocycles. The summed E-state index contributed by atoms with van der Waals surface area (Å²) in [7, 11) is -3.48. The van der Waals surface area contributed by atoms with Crippen LogP contribution in [0.4, 0.5) is 5.69 Å². The van der Waals surface area contributed by atoms with Gasteiger partial charge in [-0.1, -0.05) is 49.4 Å². The van der Waals surface area contributed by atoms with Gasteiger partial charge in [0, 0.05) is 31.2 Å². The van der Waals surface area contributed by atoms with Crippen LogP contribution < -0.4 is 14.9 Å². The Kier molecular flexibility index (Phi) is 7.69. The number of rotatable bonds is 9. The van der Waals surface area contributed by atoms with E-state index in [1.54, 1.807) is 30.9 Å². The summed E-state index contributed by atoms with van der Waals surface area (Å²) in [6, 6.07) is 14.7. The topological polar surface area (TPSA) is 95.6 Å². The Bertz CT molecular complexity index is 1080. The van der Waals surface area contributed by atoms with Crippen LogP contribution in [0.15, 0.2) is 48.5 Å². The van der Waals surface area contributed by atoms with Gasteiger partial charge >= 0.3 is 0 Å². The maximum absolute atomic E-state index is 12.8. The lowest BCUT2D eigenvalue weighted by Gasteiger charge is -2.20. The first kappa shape index (κ1) is 23.9. The van der Waals surface area contributed by atoms with Gasteiger partial charge in [-0.3, -0.25) is 9.59 Å². The van der Waals surface area contributed by atoms with Crippen molar-refractivity contribution in [1.29, 1.82) is 0 Å². The van der Waals surface area contributed by atoms with Crippen LogP contribution in [0.5, 0.6) is 0 Å². The normalized spacial score (nSPS) is 16.6. The highest BCUT2D eigenvalue weighted by atomic mass is 32.2. The van der Waals surface area contributed by atoms with Gasteiger partial charge in [0.05, 0.1) is 11.7 Å². The highest BCUT2D eigenvalue weighted by Gasteiger charge is 2.35. The molecule has 7 nitrogen and oxygen atoms in total. The molecule has 0 aromatic heterocycles. The molecule has 1 heterocycles. The van der Waals surface area contributed by atoms with Crippen LogP contribution in [0.25, 0.3) is 0 Å². The molecule has 0 unspecified atom stereocenters. The predicted octanol–water partition coefficient (Wildman–Crippen LogP) is 2.75. The Morgan fingerprint density at radius 2 is 1.69 bits per heavy atom. The molecule has 0 radical (unpaired) electrons. The van der Waals surface area contributed by atoms with Crippen LogP contribution in [0.3, 0.4) is 0 Å². The van der Waals surface area contributed by atoms with E-state index in [1.165, 1.54) is 0 Å². The summed E-state index contributed by atoms with van der Waals surface area (Å²) >= 11 is 0. The molecule has 2 aromatic rings. The fourth-order valence-electron chi connectivity index (χ4n) is 3.99. The minimum absolute atomic E-state index is 0.0581. The monoisotopic (exact) mass is 457 g/mol. The number of hydrogen-bond acceptors (Lipinski definition) is 4. The lowest BCUT2D eigenvalue weighted by atomic mass is 10.1. The van der Waals surface area contributed by atoms with Crippen LogP contribution >= 0.6 is 0 Å². The highest BCUT2D eigenvalue weighted by Crippen LogP contribution is 2.28. The van der Waals surface area contributed by atoms with Crippen molar-refractivity contribution < 1.29 is 18.0 Å². The molecule has 2 N–H and O–H groups in total. The van der Waals surface area contributed by atoms with E-state index in [2.05, 4.69) is 10.0 Å². The van der Waals surface area contributed by atoms with Crippen molar-refractivity contribution in [3.8, 4) is 0 Å². The maximum atomic E-state index is 12.8. The van der Waals surface area contributed by atoms with Gasteiger partial charge in [0.15, 0.2) is 0 Å². The summed E-state index contributed by atoms with van der Waals surface area (Å²) in [5, 5.41) is 2.90. The summed E-state index contributed by atoms with van der Waals surface area (Å²) in [5.41, 5.74) is 3.32. The zero-order valence-electron chi connectivity index (χ0n) is 18.8. The molecule has 1 atom stereocenters. The minimum atomic E-state index is -3.48. The molecule has 0 aliphatic carbocycles. The summed E-state index contributed by atoms with van der Waals surface area (Å²) in [5.74, 6) is -0.850. The van der Waals surface area contributed by atoms with Crippen molar-refractivity contribution in [3.05, 3.63) is 65.2 Å². The highest BCUT2D eigenvalue weighted by molar-refractivity contribution is 7.88. The van der Waals surface area contributed by atoms with E-state index in [0.29, 0.717) is 12.1 Å². The largest absolute Gasteiger partial charge is 0.352 e. The van der Waals surface area contributed by atoms with Crippen molar-refractivity contribution in [2.24, 2.45) is 5.92 Å². The average Bonchev–Trinajstić information content (AvgIpc) is 3.13. The number of nitrogens with one attached hydrogen (secondary N) is 2. The van der Waals surface area contributed by atoms with Crippen LogP contribution in [0.2, 0.25) is 0 Å². The third-order valence-electron chi connectivity index (χ3n) is 5.49. The zero-order valence-corrected chi connectivity index (χ0v) is 19.6. The number of sulfonamides is 1. The molecule has 0 saturated carbocycles. The number of para-hydroxylation sites is 1. The first-order chi connectivity index (χ1) is 15.2. The van der Waals surface area contributed by atoms with E-state index < -0.39 is 15.9 Å². The molecule has 1 aliphatic rings. The van der Waals surface area contributed by atoms with Gasteiger partial charge in [-0.05, 0) is 43.0 Å². The number of carbonyl (C=O) groups excluding carboxylic acids is 2. The molecule has 172 valence electrons. The molecule has 0 bridgehead atoms. The quantitative estimate of drug-likeness (QED) is 0.605. The summed E-state index contributed by atoms with van der Waals surface area (Å²) < 4.78 is 27.2. The number of hydrogen-bond donors (Lipinski definition) is 2. The van der Waals surface area contributed by atoms with E-state index in [4.69, 9.17) is 0 Å². The van der Waals surface area contributed by atoms with Gasteiger partial charge in [-0.25, -0.2) is 13.1 Å². The zero-order chi connectivity index (χ0) is 23.3. The van der Waals surface area contributed by atoms with Gasteiger partial charge in [-0.2, -0.15) is 0 Å². The second-order valence-corrected chi connectivity index (χ2v) is 10.2. The van der Waals surface area contributed by atoms with E-state index in [9.17, 15) is 18.0 Å². The first-order valence-corrected chi connectivity index (χ1v) is 12.6. The van der Waals surface area contributed by atoms with Crippen LogP contribution in [0.1, 0.15) is 43.9 Å². The van der Waals surface area contributed by atoms with Crippen LogP contribution in [-0.2, 0) is 38.3 Å². The summed E-state index contributed by atoms with van der Waals surface area (Å²) in [6.45, 7) is 6.14. The summed E-state index contributed by atoms with van der Waals surface area (Å²) in [6.07, 6.45) is 0.973. The Hall–Kier alpha value is -2.71. The van der Waals surface area contributed by atoms with Crippen LogP contribution in [0, 0.1) is 5.92 Å². The van der Waals surface area contributed by atoms with Crippen molar-refractivity contribution in [3.63, 3.8) is 0 Å². The molecule has 3 rings (SSSR count). The molecule has 1 saturated heterocycles. The maximum Gasteiger partial charge on any atom is 0.227 e. The molecule has 2 amide bonds. The number of amides is 2. The second kappa shape index (κ2) is 10.3. The van der Waals surface area contributed by atoms with Crippen molar-refractivity contribution in [1.82, 2.24) is 10.0 Å². The Balaban J connectivity index is 1.65. The van der Waals surface area contributed by atoms with Gasteiger partial charge in [0.25, 0.3) is 0 Å². The molecular weight excluding hydrogens is 426 g/mol. The summed E-state index contributed by atoms with van der Waals surface area (Å²) in [4.78, 5) is 27.1. The lowest BCUT2D eigenvalue weighted by molar-refractivity contribution is -0.126. The number of carbonyl (C=O) groups is 2. The number of aryl methyl sites for hydroxylation is 1. The molecule has 1 fully saturated rings. The van der Waals surface area contributed by atoms with E-state index >= 15 is 0 Å². The molecule has 32 heavy (non-hydrogen) atoms. The Morgan fingerprint density at radius 3 is 2.34 bits per heavy atom. The third kappa shape index (κ3) is 5.95. The fraction of sp³-hybridized carbons (Fsp3) is 0.417. The smallest absolute Gasteiger partial charge is 0.227 e. The SMILES string of the molecule is CCc1ccccc1N1C[C@@H](C(=O)NCc2ccccc2CS(=O)(=O)NC(C)C)CC1=O. The molecule has 0 spiro atoms. The Morgan fingerprint density at radius 1 is 1.06 bits per heavy atom. The standard InChI is InChI=1S/C24H31N3O4S/c1-4-18-9-7-8-12-22(18)27-15-21(13-23(27)28)24(29)25-14-19-10-5-6-11-20(19)16-32(30,31)26-17(2)3/h5-12,17,21,26H,4,13-16H2,1-3H3,(H,25,29)/t21-/m0/s1. The van der Waals surface area contributed by atoms with Crippen molar-refractivity contribution >= 4 is 27.5 Å².